The SMILES string of the molecule is CCCC(C)NCC(C)OCCc1ccccc1. The third-order valence-electron chi connectivity index (χ3n) is 3.11. The van der Waals surface area contributed by atoms with Crippen LogP contribution in [0.1, 0.15) is 39.2 Å². The number of rotatable bonds is 9. The van der Waals surface area contributed by atoms with E-state index in [0.29, 0.717) is 6.04 Å². The van der Waals surface area contributed by atoms with Crippen LogP contribution in [0.15, 0.2) is 30.3 Å². The summed E-state index contributed by atoms with van der Waals surface area (Å²) in [5.41, 5.74) is 1.34. The highest BCUT2D eigenvalue weighted by Crippen LogP contribution is 2.01. The summed E-state index contributed by atoms with van der Waals surface area (Å²) in [7, 11) is 0. The van der Waals surface area contributed by atoms with E-state index in [0.717, 1.165) is 19.6 Å². The number of hydrogen-bond acceptors (Lipinski definition) is 2. The maximum Gasteiger partial charge on any atom is 0.0671 e. The average molecular weight is 249 g/mol. The summed E-state index contributed by atoms with van der Waals surface area (Å²) >= 11 is 0. The van der Waals surface area contributed by atoms with Crippen molar-refractivity contribution in [2.75, 3.05) is 13.2 Å². The van der Waals surface area contributed by atoms with Crippen molar-refractivity contribution in [2.45, 2.75) is 52.2 Å². The number of hydrogen-bond donors (Lipinski definition) is 1. The van der Waals surface area contributed by atoms with Gasteiger partial charge >= 0.3 is 0 Å². The predicted molar refractivity (Wildman–Crippen MR) is 77.9 cm³/mol. The van der Waals surface area contributed by atoms with Crippen molar-refractivity contribution in [3.8, 4) is 0 Å². The van der Waals surface area contributed by atoms with Crippen molar-refractivity contribution in [3.63, 3.8) is 0 Å². The molecule has 0 radical (unpaired) electrons. The minimum absolute atomic E-state index is 0.285. The molecule has 1 aromatic carbocycles. The van der Waals surface area contributed by atoms with Gasteiger partial charge in [-0.1, -0.05) is 43.7 Å². The Kier molecular flexibility index (Phi) is 7.70. The van der Waals surface area contributed by atoms with Crippen LogP contribution in [0.5, 0.6) is 0 Å². The summed E-state index contributed by atoms with van der Waals surface area (Å²) in [5, 5.41) is 3.51. The molecule has 2 nitrogen and oxygen atoms in total. The van der Waals surface area contributed by atoms with Crippen LogP contribution in [-0.4, -0.2) is 25.3 Å². The largest absolute Gasteiger partial charge is 0.377 e. The minimum atomic E-state index is 0.285. The Balaban J connectivity index is 2.08. The quantitative estimate of drug-likeness (QED) is 0.724. The first-order chi connectivity index (χ1) is 8.72. The van der Waals surface area contributed by atoms with Crippen LogP contribution in [-0.2, 0) is 11.2 Å². The summed E-state index contributed by atoms with van der Waals surface area (Å²) in [6.45, 7) is 8.33. The van der Waals surface area contributed by atoms with Gasteiger partial charge in [0.25, 0.3) is 0 Å². The Morgan fingerprint density at radius 3 is 2.56 bits per heavy atom. The topological polar surface area (TPSA) is 21.3 Å². The van der Waals surface area contributed by atoms with Crippen molar-refractivity contribution in [3.05, 3.63) is 35.9 Å². The summed E-state index contributed by atoms with van der Waals surface area (Å²) < 4.78 is 5.81. The molecule has 0 heterocycles. The first kappa shape index (κ1) is 15.2. The first-order valence-corrected chi connectivity index (χ1v) is 7.11. The van der Waals surface area contributed by atoms with E-state index in [1.807, 2.05) is 6.07 Å². The summed E-state index contributed by atoms with van der Waals surface area (Å²) in [6.07, 6.45) is 3.75. The molecule has 18 heavy (non-hydrogen) atoms. The van der Waals surface area contributed by atoms with Crippen molar-refractivity contribution >= 4 is 0 Å². The van der Waals surface area contributed by atoms with E-state index < -0.39 is 0 Å². The molecule has 0 saturated heterocycles. The van der Waals surface area contributed by atoms with Crippen LogP contribution < -0.4 is 5.32 Å². The Morgan fingerprint density at radius 1 is 1.17 bits per heavy atom. The van der Waals surface area contributed by atoms with Gasteiger partial charge in [0.05, 0.1) is 12.7 Å². The molecule has 1 aromatic rings. The molecule has 1 rings (SSSR count). The van der Waals surface area contributed by atoms with Gasteiger partial charge in [0.2, 0.25) is 0 Å². The second kappa shape index (κ2) is 9.12. The van der Waals surface area contributed by atoms with Crippen LogP contribution in [0, 0.1) is 0 Å². The van der Waals surface area contributed by atoms with Gasteiger partial charge in [-0.15, -0.1) is 0 Å². The van der Waals surface area contributed by atoms with Crippen LogP contribution in [0.4, 0.5) is 0 Å². The standard InChI is InChI=1S/C16H27NO/c1-4-8-14(2)17-13-15(3)18-12-11-16-9-6-5-7-10-16/h5-7,9-10,14-15,17H,4,8,11-13H2,1-3H3. The zero-order chi connectivity index (χ0) is 13.2. The Morgan fingerprint density at radius 2 is 1.89 bits per heavy atom. The van der Waals surface area contributed by atoms with Crippen LogP contribution >= 0.6 is 0 Å². The number of benzene rings is 1. The fourth-order valence-corrected chi connectivity index (χ4v) is 1.98. The highest BCUT2D eigenvalue weighted by atomic mass is 16.5. The second-order valence-corrected chi connectivity index (χ2v) is 5.01. The normalized spacial score (nSPS) is 14.4. The molecule has 0 spiro atoms. The fraction of sp³-hybridized carbons (Fsp3) is 0.625. The molecular weight excluding hydrogens is 222 g/mol. The molecule has 0 bridgehead atoms. The van der Waals surface area contributed by atoms with E-state index in [1.165, 1.54) is 18.4 Å². The van der Waals surface area contributed by atoms with Crippen molar-refractivity contribution in [1.82, 2.24) is 5.32 Å². The summed E-state index contributed by atoms with van der Waals surface area (Å²) in [6, 6.07) is 11.1. The van der Waals surface area contributed by atoms with E-state index in [1.54, 1.807) is 0 Å². The van der Waals surface area contributed by atoms with Crippen LogP contribution in [0.3, 0.4) is 0 Å². The van der Waals surface area contributed by atoms with Gasteiger partial charge in [0, 0.05) is 12.6 Å². The minimum Gasteiger partial charge on any atom is -0.377 e. The molecular formula is C16H27NO. The van der Waals surface area contributed by atoms with Gasteiger partial charge in [0.15, 0.2) is 0 Å². The zero-order valence-electron chi connectivity index (χ0n) is 12.0. The third kappa shape index (κ3) is 6.77. The van der Waals surface area contributed by atoms with E-state index in [-0.39, 0.29) is 6.10 Å². The van der Waals surface area contributed by atoms with Gasteiger partial charge in [0.1, 0.15) is 0 Å². The lowest BCUT2D eigenvalue weighted by Gasteiger charge is -2.18. The van der Waals surface area contributed by atoms with E-state index >= 15 is 0 Å². The summed E-state index contributed by atoms with van der Waals surface area (Å²) in [5.74, 6) is 0. The van der Waals surface area contributed by atoms with Gasteiger partial charge in [-0.25, -0.2) is 0 Å². The molecule has 0 saturated carbocycles. The molecule has 0 aliphatic heterocycles. The maximum absolute atomic E-state index is 5.81. The number of nitrogens with one attached hydrogen (secondary N) is 1. The first-order valence-electron chi connectivity index (χ1n) is 7.11. The molecule has 0 fully saturated rings. The summed E-state index contributed by atoms with van der Waals surface area (Å²) in [4.78, 5) is 0. The maximum atomic E-state index is 5.81. The highest BCUT2D eigenvalue weighted by molar-refractivity contribution is 5.14. The highest BCUT2D eigenvalue weighted by Gasteiger charge is 2.05. The predicted octanol–water partition coefficient (Wildman–Crippen LogP) is 3.41. The molecule has 0 aliphatic rings. The molecule has 0 aliphatic carbocycles. The molecule has 102 valence electrons. The van der Waals surface area contributed by atoms with Crippen molar-refractivity contribution < 1.29 is 4.74 Å². The Labute approximate surface area is 112 Å². The number of ether oxygens (including phenoxy) is 1. The van der Waals surface area contributed by atoms with E-state index in [4.69, 9.17) is 4.74 Å². The molecule has 0 aromatic heterocycles. The Bertz CT molecular complexity index is 299. The fourth-order valence-electron chi connectivity index (χ4n) is 1.98. The molecule has 1 N–H and O–H groups in total. The van der Waals surface area contributed by atoms with E-state index in [9.17, 15) is 0 Å². The van der Waals surface area contributed by atoms with E-state index in [2.05, 4.69) is 50.4 Å². The molecule has 2 unspecified atom stereocenters. The molecule has 2 heteroatoms. The lowest BCUT2D eigenvalue weighted by atomic mass is 10.2. The average Bonchev–Trinajstić information content (AvgIpc) is 2.38. The van der Waals surface area contributed by atoms with Gasteiger partial charge < -0.3 is 10.1 Å². The monoisotopic (exact) mass is 249 g/mol. The lowest BCUT2D eigenvalue weighted by Crippen LogP contribution is -2.33. The smallest absolute Gasteiger partial charge is 0.0671 e. The van der Waals surface area contributed by atoms with Gasteiger partial charge in [-0.2, -0.15) is 0 Å². The van der Waals surface area contributed by atoms with Gasteiger partial charge in [-0.3, -0.25) is 0 Å². The third-order valence-corrected chi connectivity index (χ3v) is 3.11. The van der Waals surface area contributed by atoms with Crippen LogP contribution in [0.2, 0.25) is 0 Å². The lowest BCUT2D eigenvalue weighted by molar-refractivity contribution is 0.0663. The van der Waals surface area contributed by atoms with Gasteiger partial charge in [-0.05, 0) is 32.3 Å². The van der Waals surface area contributed by atoms with Crippen molar-refractivity contribution in [2.24, 2.45) is 0 Å². The van der Waals surface area contributed by atoms with Crippen LogP contribution in [0.25, 0.3) is 0 Å². The Hall–Kier alpha value is -0.860. The van der Waals surface area contributed by atoms with Crippen molar-refractivity contribution in [1.29, 1.82) is 0 Å². The molecule has 0 amide bonds. The molecule has 2 atom stereocenters. The zero-order valence-corrected chi connectivity index (χ0v) is 12.0. The second-order valence-electron chi connectivity index (χ2n) is 5.01.